The summed E-state index contributed by atoms with van der Waals surface area (Å²) in [7, 11) is 0. The first kappa shape index (κ1) is 11.3. The van der Waals surface area contributed by atoms with Gasteiger partial charge in [0.1, 0.15) is 13.2 Å². The highest BCUT2D eigenvalue weighted by atomic mass is 16.6. The van der Waals surface area contributed by atoms with Crippen molar-refractivity contribution in [3.63, 3.8) is 0 Å². The summed E-state index contributed by atoms with van der Waals surface area (Å²) in [6.07, 6.45) is 1.62. The summed E-state index contributed by atoms with van der Waals surface area (Å²) in [6.45, 7) is 4.00. The standard InChI is InChI=1S/C12H14O3/c1-2-14-8-9-15-12(13)10-11-6-4-3-5-7-11/h2-7H,1,8-10H2. The Kier molecular flexibility index (Phi) is 5.01. The Labute approximate surface area is 89.3 Å². The van der Waals surface area contributed by atoms with Crippen LogP contribution in [-0.4, -0.2) is 19.2 Å². The highest BCUT2D eigenvalue weighted by Gasteiger charge is 2.03. The molecule has 3 heteroatoms. The van der Waals surface area contributed by atoms with Crippen LogP contribution in [-0.2, 0) is 20.7 Å². The molecule has 0 aliphatic carbocycles. The van der Waals surface area contributed by atoms with Crippen molar-refractivity contribution >= 4 is 5.97 Å². The van der Waals surface area contributed by atoms with E-state index in [1.165, 1.54) is 6.26 Å². The Hall–Kier alpha value is -1.77. The molecule has 1 rings (SSSR count). The fourth-order valence-electron chi connectivity index (χ4n) is 1.10. The lowest BCUT2D eigenvalue weighted by atomic mass is 10.2. The lowest BCUT2D eigenvalue weighted by molar-refractivity contribution is -0.143. The molecule has 0 saturated carbocycles. The van der Waals surface area contributed by atoms with Crippen LogP contribution in [0.5, 0.6) is 0 Å². The Balaban J connectivity index is 2.22. The van der Waals surface area contributed by atoms with E-state index in [1.807, 2.05) is 30.3 Å². The van der Waals surface area contributed by atoms with Crippen molar-refractivity contribution in [1.29, 1.82) is 0 Å². The first-order chi connectivity index (χ1) is 7.33. The van der Waals surface area contributed by atoms with Crippen LogP contribution >= 0.6 is 0 Å². The quantitative estimate of drug-likeness (QED) is 0.405. The molecular weight excluding hydrogens is 192 g/mol. The van der Waals surface area contributed by atoms with E-state index in [9.17, 15) is 4.79 Å². The van der Waals surface area contributed by atoms with E-state index < -0.39 is 0 Å². The Morgan fingerprint density at radius 1 is 1.27 bits per heavy atom. The zero-order valence-corrected chi connectivity index (χ0v) is 8.52. The zero-order valence-electron chi connectivity index (χ0n) is 8.52. The Morgan fingerprint density at radius 2 is 2.00 bits per heavy atom. The maximum Gasteiger partial charge on any atom is 0.310 e. The molecule has 0 amide bonds. The molecule has 0 aliphatic heterocycles. The summed E-state index contributed by atoms with van der Waals surface area (Å²) < 4.78 is 9.76. The number of carbonyl (C=O) groups is 1. The number of hydrogen-bond acceptors (Lipinski definition) is 3. The predicted octanol–water partition coefficient (Wildman–Crippen LogP) is 1.93. The van der Waals surface area contributed by atoms with Crippen molar-refractivity contribution in [3.05, 3.63) is 48.7 Å². The smallest absolute Gasteiger partial charge is 0.310 e. The molecule has 1 aromatic rings. The van der Waals surface area contributed by atoms with Crippen LogP contribution in [0.4, 0.5) is 0 Å². The van der Waals surface area contributed by atoms with Crippen LogP contribution in [0, 0.1) is 0 Å². The summed E-state index contributed by atoms with van der Waals surface area (Å²) >= 11 is 0. The van der Waals surface area contributed by atoms with Crippen molar-refractivity contribution in [2.45, 2.75) is 6.42 Å². The molecule has 0 bridgehead atoms. The molecule has 0 atom stereocenters. The normalized spacial score (nSPS) is 9.33. The molecule has 0 saturated heterocycles. The molecule has 0 aromatic heterocycles. The number of benzene rings is 1. The second-order valence-corrected chi connectivity index (χ2v) is 2.92. The number of esters is 1. The molecule has 80 valence electrons. The van der Waals surface area contributed by atoms with Gasteiger partial charge in [-0.05, 0) is 5.56 Å². The van der Waals surface area contributed by atoms with Crippen molar-refractivity contribution < 1.29 is 14.3 Å². The van der Waals surface area contributed by atoms with Crippen LogP contribution in [0.2, 0.25) is 0 Å². The number of hydrogen-bond donors (Lipinski definition) is 0. The second-order valence-electron chi connectivity index (χ2n) is 2.92. The summed E-state index contributed by atoms with van der Waals surface area (Å²) in [5, 5.41) is 0. The van der Waals surface area contributed by atoms with Gasteiger partial charge in [0.2, 0.25) is 0 Å². The highest BCUT2D eigenvalue weighted by molar-refractivity contribution is 5.72. The average molecular weight is 206 g/mol. The molecule has 0 spiro atoms. The molecule has 0 unspecified atom stereocenters. The molecule has 1 aromatic carbocycles. The van der Waals surface area contributed by atoms with Crippen molar-refractivity contribution in [3.8, 4) is 0 Å². The summed E-state index contributed by atoms with van der Waals surface area (Å²) in [5.41, 5.74) is 0.951. The van der Waals surface area contributed by atoms with Crippen LogP contribution in [0.1, 0.15) is 5.56 Å². The third-order valence-electron chi connectivity index (χ3n) is 1.77. The van der Waals surface area contributed by atoms with E-state index in [1.54, 1.807) is 0 Å². The predicted molar refractivity (Wildman–Crippen MR) is 57.3 cm³/mol. The summed E-state index contributed by atoms with van der Waals surface area (Å²) in [5.74, 6) is -0.242. The minimum absolute atomic E-state index is 0.242. The van der Waals surface area contributed by atoms with Crippen LogP contribution < -0.4 is 0 Å². The lowest BCUT2D eigenvalue weighted by Gasteiger charge is -2.04. The van der Waals surface area contributed by atoms with Crippen molar-refractivity contribution in [2.75, 3.05) is 13.2 Å². The first-order valence-corrected chi connectivity index (χ1v) is 4.75. The maximum atomic E-state index is 11.3. The van der Waals surface area contributed by atoms with Gasteiger partial charge in [0.25, 0.3) is 0 Å². The van der Waals surface area contributed by atoms with E-state index >= 15 is 0 Å². The topological polar surface area (TPSA) is 35.5 Å². The zero-order chi connectivity index (χ0) is 10.9. The second kappa shape index (κ2) is 6.65. The van der Waals surface area contributed by atoms with Gasteiger partial charge < -0.3 is 9.47 Å². The van der Waals surface area contributed by atoms with Gasteiger partial charge in [-0.25, -0.2) is 0 Å². The fourth-order valence-corrected chi connectivity index (χ4v) is 1.10. The number of rotatable bonds is 6. The first-order valence-electron chi connectivity index (χ1n) is 4.75. The number of carbonyl (C=O) groups excluding carboxylic acids is 1. The van der Waals surface area contributed by atoms with E-state index in [-0.39, 0.29) is 12.6 Å². The molecule has 0 aliphatic rings. The summed E-state index contributed by atoms with van der Waals surface area (Å²) in [6, 6.07) is 9.47. The van der Waals surface area contributed by atoms with Crippen LogP contribution in [0.3, 0.4) is 0 Å². The van der Waals surface area contributed by atoms with E-state index in [0.29, 0.717) is 13.0 Å². The Bertz CT molecular complexity index is 306. The van der Waals surface area contributed by atoms with Crippen molar-refractivity contribution in [2.24, 2.45) is 0 Å². The van der Waals surface area contributed by atoms with Gasteiger partial charge >= 0.3 is 5.97 Å². The molecule has 0 fully saturated rings. The maximum absolute atomic E-state index is 11.3. The summed E-state index contributed by atoms with van der Waals surface area (Å²) in [4.78, 5) is 11.3. The van der Waals surface area contributed by atoms with E-state index in [4.69, 9.17) is 9.47 Å². The highest BCUT2D eigenvalue weighted by Crippen LogP contribution is 2.00. The molecule has 0 N–H and O–H groups in total. The van der Waals surface area contributed by atoms with Crippen LogP contribution in [0.15, 0.2) is 43.2 Å². The minimum Gasteiger partial charge on any atom is -0.498 e. The minimum atomic E-state index is -0.242. The molecule has 3 nitrogen and oxygen atoms in total. The third kappa shape index (κ3) is 4.86. The third-order valence-corrected chi connectivity index (χ3v) is 1.77. The van der Waals surface area contributed by atoms with Gasteiger partial charge in [0.15, 0.2) is 0 Å². The average Bonchev–Trinajstić information content (AvgIpc) is 2.26. The molecular formula is C12H14O3. The monoisotopic (exact) mass is 206 g/mol. The molecule has 0 radical (unpaired) electrons. The Morgan fingerprint density at radius 3 is 2.67 bits per heavy atom. The molecule has 0 heterocycles. The van der Waals surface area contributed by atoms with Crippen molar-refractivity contribution in [1.82, 2.24) is 0 Å². The van der Waals surface area contributed by atoms with Gasteiger partial charge in [0, 0.05) is 0 Å². The van der Waals surface area contributed by atoms with E-state index in [0.717, 1.165) is 5.56 Å². The van der Waals surface area contributed by atoms with E-state index in [2.05, 4.69) is 6.58 Å². The van der Waals surface area contributed by atoms with Gasteiger partial charge in [-0.15, -0.1) is 0 Å². The number of ether oxygens (including phenoxy) is 2. The lowest BCUT2D eigenvalue weighted by Crippen LogP contribution is -2.11. The SMILES string of the molecule is C=COCCOC(=O)Cc1ccccc1. The van der Waals surface area contributed by atoms with Gasteiger partial charge in [0.05, 0.1) is 12.7 Å². The van der Waals surface area contributed by atoms with Gasteiger partial charge in [-0.1, -0.05) is 36.9 Å². The molecule has 15 heavy (non-hydrogen) atoms. The van der Waals surface area contributed by atoms with Crippen LogP contribution in [0.25, 0.3) is 0 Å². The van der Waals surface area contributed by atoms with Gasteiger partial charge in [-0.2, -0.15) is 0 Å². The fraction of sp³-hybridized carbons (Fsp3) is 0.250. The largest absolute Gasteiger partial charge is 0.498 e. The van der Waals surface area contributed by atoms with Gasteiger partial charge in [-0.3, -0.25) is 4.79 Å².